The van der Waals surface area contributed by atoms with Crippen molar-refractivity contribution >= 4 is 17.5 Å². The fourth-order valence-electron chi connectivity index (χ4n) is 2.48. The van der Waals surface area contributed by atoms with E-state index in [9.17, 15) is 4.79 Å². The van der Waals surface area contributed by atoms with Crippen molar-refractivity contribution in [2.45, 2.75) is 26.6 Å². The van der Waals surface area contributed by atoms with Crippen LogP contribution < -0.4 is 10.1 Å². The molecule has 0 saturated heterocycles. The first-order chi connectivity index (χ1) is 11.5. The molecule has 24 heavy (non-hydrogen) atoms. The molecule has 0 heterocycles. The van der Waals surface area contributed by atoms with Crippen molar-refractivity contribution in [3.8, 4) is 5.75 Å². The van der Waals surface area contributed by atoms with Crippen LogP contribution in [0.1, 0.15) is 28.4 Å². The van der Waals surface area contributed by atoms with Gasteiger partial charge in [-0.05, 0) is 54.3 Å². The van der Waals surface area contributed by atoms with Crippen LogP contribution in [0.4, 0.5) is 0 Å². The van der Waals surface area contributed by atoms with Crippen molar-refractivity contribution in [2.75, 3.05) is 14.2 Å². The van der Waals surface area contributed by atoms with Crippen LogP contribution in [-0.4, -0.2) is 20.1 Å². The van der Waals surface area contributed by atoms with Crippen LogP contribution in [-0.2, 0) is 16.1 Å². The Balaban J connectivity index is 2.30. The molecule has 0 saturated carbocycles. The SMILES string of the molecule is CNC(=O)C(OC)c1ccc(Cl)cc1COc1cc(C)ccc1C. The molecule has 2 aromatic carbocycles. The highest BCUT2D eigenvalue weighted by Crippen LogP contribution is 2.27. The third kappa shape index (κ3) is 4.28. The van der Waals surface area contributed by atoms with Gasteiger partial charge in [0.2, 0.25) is 0 Å². The van der Waals surface area contributed by atoms with Crippen LogP contribution in [0.15, 0.2) is 36.4 Å². The number of rotatable bonds is 6. The molecule has 1 unspecified atom stereocenters. The molecule has 0 radical (unpaired) electrons. The number of hydrogen-bond donors (Lipinski definition) is 1. The minimum Gasteiger partial charge on any atom is -0.489 e. The minimum atomic E-state index is -0.704. The quantitative estimate of drug-likeness (QED) is 0.860. The van der Waals surface area contributed by atoms with Crippen molar-refractivity contribution in [1.82, 2.24) is 5.32 Å². The Kier molecular flexibility index (Phi) is 6.23. The van der Waals surface area contributed by atoms with Gasteiger partial charge in [-0.2, -0.15) is 0 Å². The van der Waals surface area contributed by atoms with E-state index in [2.05, 4.69) is 5.32 Å². The number of carbonyl (C=O) groups is 1. The highest BCUT2D eigenvalue weighted by molar-refractivity contribution is 6.30. The second-order valence-corrected chi connectivity index (χ2v) is 6.07. The van der Waals surface area contributed by atoms with Gasteiger partial charge in [0.1, 0.15) is 12.4 Å². The molecule has 4 nitrogen and oxygen atoms in total. The highest BCUT2D eigenvalue weighted by atomic mass is 35.5. The Morgan fingerprint density at radius 2 is 1.96 bits per heavy atom. The van der Waals surface area contributed by atoms with Crippen LogP contribution in [0.2, 0.25) is 5.02 Å². The third-order valence-corrected chi connectivity index (χ3v) is 4.07. The monoisotopic (exact) mass is 347 g/mol. The zero-order chi connectivity index (χ0) is 17.7. The van der Waals surface area contributed by atoms with Gasteiger partial charge in [0.25, 0.3) is 5.91 Å². The van der Waals surface area contributed by atoms with Crippen molar-refractivity contribution in [3.63, 3.8) is 0 Å². The molecule has 1 amide bonds. The Morgan fingerprint density at radius 1 is 1.21 bits per heavy atom. The number of nitrogens with one attached hydrogen (secondary N) is 1. The summed E-state index contributed by atoms with van der Waals surface area (Å²) in [6, 6.07) is 11.4. The molecule has 0 aliphatic heterocycles. The van der Waals surface area contributed by atoms with Gasteiger partial charge in [0.15, 0.2) is 6.10 Å². The number of methoxy groups -OCH3 is 1. The fourth-order valence-corrected chi connectivity index (χ4v) is 2.67. The summed E-state index contributed by atoms with van der Waals surface area (Å²) < 4.78 is 11.3. The smallest absolute Gasteiger partial charge is 0.253 e. The number of hydrogen-bond acceptors (Lipinski definition) is 3. The molecule has 128 valence electrons. The van der Waals surface area contributed by atoms with Crippen molar-refractivity contribution < 1.29 is 14.3 Å². The standard InChI is InChI=1S/C19H22ClNO3/c1-12-5-6-13(2)17(9-12)24-11-14-10-15(20)7-8-16(14)18(23-4)19(22)21-3/h5-10,18H,11H2,1-4H3,(H,21,22). The second-order valence-electron chi connectivity index (χ2n) is 5.63. The summed E-state index contributed by atoms with van der Waals surface area (Å²) >= 11 is 6.12. The molecule has 0 spiro atoms. The number of ether oxygens (including phenoxy) is 2. The Bertz CT molecular complexity index is 731. The van der Waals surface area contributed by atoms with Crippen LogP contribution in [0.25, 0.3) is 0 Å². The summed E-state index contributed by atoms with van der Waals surface area (Å²) in [5.74, 6) is 0.600. The normalized spacial score (nSPS) is 11.9. The van der Waals surface area contributed by atoms with Gasteiger partial charge in [-0.15, -0.1) is 0 Å². The maximum atomic E-state index is 12.0. The molecule has 0 bridgehead atoms. The Labute approximate surface area is 147 Å². The molecule has 2 rings (SSSR count). The van der Waals surface area contributed by atoms with Crippen molar-refractivity contribution in [2.24, 2.45) is 0 Å². The van der Waals surface area contributed by atoms with E-state index in [4.69, 9.17) is 21.1 Å². The average molecular weight is 348 g/mol. The summed E-state index contributed by atoms with van der Waals surface area (Å²) in [5.41, 5.74) is 3.74. The highest BCUT2D eigenvalue weighted by Gasteiger charge is 2.22. The number of benzene rings is 2. The zero-order valence-electron chi connectivity index (χ0n) is 14.4. The Hall–Kier alpha value is -2.04. The van der Waals surface area contributed by atoms with Crippen molar-refractivity contribution in [1.29, 1.82) is 0 Å². The van der Waals surface area contributed by atoms with Crippen LogP contribution in [0, 0.1) is 13.8 Å². The number of amides is 1. The first kappa shape index (κ1) is 18.3. The lowest BCUT2D eigenvalue weighted by molar-refractivity contribution is -0.130. The number of aryl methyl sites for hydroxylation is 2. The molecule has 0 aromatic heterocycles. The van der Waals surface area contributed by atoms with E-state index in [0.29, 0.717) is 11.6 Å². The fraction of sp³-hybridized carbons (Fsp3) is 0.316. The van der Waals surface area contributed by atoms with Gasteiger partial charge in [0.05, 0.1) is 0 Å². The first-order valence-corrected chi connectivity index (χ1v) is 8.06. The van der Waals surface area contributed by atoms with Gasteiger partial charge in [-0.1, -0.05) is 29.8 Å². The third-order valence-electron chi connectivity index (χ3n) is 3.83. The van der Waals surface area contributed by atoms with Gasteiger partial charge >= 0.3 is 0 Å². The van der Waals surface area contributed by atoms with Gasteiger partial charge < -0.3 is 14.8 Å². The van der Waals surface area contributed by atoms with E-state index in [1.54, 1.807) is 25.2 Å². The van der Waals surface area contributed by atoms with Gasteiger partial charge in [-0.3, -0.25) is 4.79 Å². The molecule has 5 heteroatoms. The lowest BCUT2D eigenvalue weighted by Gasteiger charge is -2.19. The minimum absolute atomic E-state index is 0.215. The van der Waals surface area contributed by atoms with Crippen molar-refractivity contribution in [3.05, 3.63) is 63.7 Å². The molecular weight excluding hydrogens is 326 g/mol. The predicted octanol–water partition coefficient (Wildman–Crippen LogP) is 3.97. The molecule has 1 atom stereocenters. The number of likely N-dealkylation sites (N-methyl/N-ethyl adjacent to an activating group) is 1. The van der Waals surface area contributed by atoms with Crippen LogP contribution in [0.5, 0.6) is 5.75 Å². The maximum Gasteiger partial charge on any atom is 0.253 e. The molecule has 0 aliphatic carbocycles. The van der Waals surface area contributed by atoms with Crippen LogP contribution in [0.3, 0.4) is 0 Å². The maximum absolute atomic E-state index is 12.0. The topological polar surface area (TPSA) is 47.6 Å². The molecular formula is C19H22ClNO3. The number of carbonyl (C=O) groups excluding carboxylic acids is 1. The van der Waals surface area contributed by atoms with Gasteiger partial charge in [0, 0.05) is 19.2 Å². The first-order valence-electron chi connectivity index (χ1n) is 7.69. The van der Waals surface area contributed by atoms with E-state index >= 15 is 0 Å². The molecule has 1 N–H and O–H groups in total. The van der Waals surface area contributed by atoms with E-state index in [1.165, 1.54) is 7.11 Å². The second kappa shape index (κ2) is 8.18. The van der Waals surface area contributed by atoms with E-state index < -0.39 is 6.10 Å². The predicted molar refractivity (Wildman–Crippen MR) is 95.5 cm³/mol. The number of halogens is 1. The largest absolute Gasteiger partial charge is 0.489 e. The summed E-state index contributed by atoms with van der Waals surface area (Å²) in [5, 5.41) is 3.20. The summed E-state index contributed by atoms with van der Waals surface area (Å²) in [7, 11) is 3.08. The van der Waals surface area contributed by atoms with Crippen LogP contribution >= 0.6 is 11.6 Å². The van der Waals surface area contributed by atoms with E-state index in [1.807, 2.05) is 32.0 Å². The lowest BCUT2D eigenvalue weighted by Crippen LogP contribution is -2.27. The average Bonchev–Trinajstić information content (AvgIpc) is 2.57. The lowest BCUT2D eigenvalue weighted by atomic mass is 10.0. The van der Waals surface area contributed by atoms with E-state index in [0.717, 1.165) is 28.0 Å². The van der Waals surface area contributed by atoms with E-state index in [-0.39, 0.29) is 5.91 Å². The molecule has 0 fully saturated rings. The zero-order valence-corrected chi connectivity index (χ0v) is 15.1. The summed E-state index contributed by atoms with van der Waals surface area (Å²) in [4.78, 5) is 12.0. The summed E-state index contributed by atoms with van der Waals surface area (Å²) in [6.07, 6.45) is -0.704. The summed E-state index contributed by atoms with van der Waals surface area (Å²) in [6.45, 7) is 4.32. The molecule has 2 aromatic rings. The van der Waals surface area contributed by atoms with Gasteiger partial charge in [-0.25, -0.2) is 0 Å². The molecule has 0 aliphatic rings. The Morgan fingerprint density at radius 3 is 2.62 bits per heavy atom.